The predicted molar refractivity (Wildman–Crippen MR) is 134 cm³/mol. The van der Waals surface area contributed by atoms with Gasteiger partial charge in [-0.2, -0.15) is 0 Å². The standard InChI is InChI=1S/C23H20BrN3O3S2/c1-3-19(21(28)25-16-6-4-5-7-18(16)30-2)32-23-26-17-12-13-31-20(17)22(29)27(23)15-10-8-14(24)9-11-15/h4-13,19H,3H2,1-2H3,(H,25,28)/t19-/m1/s1. The molecule has 164 valence electrons. The summed E-state index contributed by atoms with van der Waals surface area (Å²) >= 11 is 6.08. The van der Waals surface area contributed by atoms with Crippen molar-refractivity contribution in [2.75, 3.05) is 12.4 Å². The van der Waals surface area contributed by atoms with Gasteiger partial charge in [0.25, 0.3) is 5.56 Å². The van der Waals surface area contributed by atoms with E-state index >= 15 is 0 Å². The first-order valence-electron chi connectivity index (χ1n) is 9.88. The van der Waals surface area contributed by atoms with Gasteiger partial charge in [0.1, 0.15) is 10.4 Å². The number of hydrogen-bond donors (Lipinski definition) is 1. The molecule has 0 aliphatic rings. The van der Waals surface area contributed by atoms with Crippen LogP contribution in [0.4, 0.5) is 5.69 Å². The largest absolute Gasteiger partial charge is 0.495 e. The van der Waals surface area contributed by atoms with Gasteiger partial charge in [-0.05, 0) is 54.3 Å². The van der Waals surface area contributed by atoms with Crippen LogP contribution in [0.15, 0.2) is 74.4 Å². The molecule has 1 atom stereocenters. The Bertz CT molecular complexity index is 1320. The van der Waals surface area contributed by atoms with Gasteiger partial charge in [0.05, 0.1) is 29.3 Å². The molecule has 0 saturated heterocycles. The number of ether oxygens (including phenoxy) is 1. The third-order valence-electron chi connectivity index (χ3n) is 4.81. The van der Waals surface area contributed by atoms with Crippen LogP contribution in [0.1, 0.15) is 13.3 Å². The maximum absolute atomic E-state index is 13.3. The van der Waals surface area contributed by atoms with Gasteiger partial charge < -0.3 is 10.1 Å². The molecule has 0 bridgehead atoms. The molecule has 0 aliphatic heterocycles. The van der Waals surface area contributed by atoms with Crippen LogP contribution >= 0.6 is 39.0 Å². The third-order valence-corrected chi connectivity index (χ3v) is 7.55. The number of carbonyl (C=O) groups is 1. The summed E-state index contributed by atoms with van der Waals surface area (Å²) in [5, 5.41) is 4.82. The number of para-hydroxylation sites is 2. The van der Waals surface area contributed by atoms with E-state index in [1.165, 1.54) is 23.1 Å². The van der Waals surface area contributed by atoms with Crippen LogP contribution in [0.3, 0.4) is 0 Å². The molecule has 1 amide bonds. The fourth-order valence-corrected chi connectivity index (χ4v) is 5.26. The summed E-state index contributed by atoms with van der Waals surface area (Å²) in [4.78, 5) is 31.1. The summed E-state index contributed by atoms with van der Waals surface area (Å²) in [5.41, 5.74) is 1.79. The van der Waals surface area contributed by atoms with E-state index in [0.717, 1.165) is 4.47 Å². The normalized spacial score (nSPS) is 12.0. The summed E-state index contributed by atoms with van der Waals surface area (Å²) in [6.07, 6.45) is 0.559. The number of amides is 1. The van der Waals surface area contributed by atoms with E-state index in [9.17, 15) is 9.59 Å². The van der Waals surface area contributed by atoms with Crippen LogP contribution in [0, 0.1) is 0 Å². The lowest BCUT2D eigenvalue weighted by Crippen LogP contribution is -2.27. The van der Waals surface area contributed by atoms with Gasteiger partial charge in [-0.1, -0.05) is 46.7 Å². The van der Waals surface area contributed by atoms with Crippen molar-refractivity contribution in [3.8, 4) is 11.4 Å². The molecule has 2 aromatic heterocycles. The average molecular weight is 530 g/mol. The smallest absolute Gasteiger partial charge is 0.276 e. The lowest BCUT2D eigenvalue weighted by atomic mass is 10.2. The Morgan fingerprint density at radius 2 is 1.97 bits per heavy atom. The van der Waals surface area contributed by atoms with Crippen molar-refractivity contribution in [3.63, 3.8) is 0 Å². The van der Waals surface area contributed by atoms with Crippen molar-refractivity contribution in [2.24, 2.45) is 0 Å². The highest BCUT2D eigenvalue weighted by Gasteiger charge is 2.23. The maximum Gasteiger partial charge on any atom is 0.276 e. The molecule has 4 rings (SSSR count). The second-order valence-corrected chi connectivity index (χ2v) is 9.85. The molecule has 0 aliphatic carbocycles. The molecular formula is C23H20BrN3O3S2. The molecule has 9 heteroatoms. The average Bonchev–Trinajstić information content (AvgIpc) is 3.28. The van der Waals surface area contributed by atoms with Gasteiger partial charge in [-0.25, -0.2) is 4.98 Å². The second kappa shape index (κ2) is 9.89. The van der Waals surface area contributed by atoms with E-state index in [-0.39, 0.29) is 11.5 Å². The molecule has 0 fully saturated rings. The van der Waals surface area contributed by atoms with Gasteiger partial charge in [0, 0.05) is 4.47 Å². The number of thiophene rings is 1. The van der Waals surface area contributed by atoms with Gasteiger partial charge in [0.15, 0.2) is 5.16 Å². The number of halogens is 1. The maximum atomic E-state index is 13.3. The van der Waals surface area contributed by atoms with E-state index in [1.54, 1.807) is 23.8 Å². The molecule has 32 heavy (non-hydrogen) atoms. The number of aromatic nitrogens is 2. The van der Waals surface area contributed by atoms with Crippen molar-refractivity contribution >= 4 is 60.8 Å². The fourth-order valence-electron chi connectivity index (χ4n) is 3.20. The number of carbonyl (C=O) groups excluding carboxylic acids is 1. The second-order valence-electron chi connectivity index (χ2n) is 6.85. The Morgan fingerprint density at radius 1 is 1.22 bits per heavy atom. The summed E-state index contributed by atoms with van der Waals surface area (Å²) in [5.74, 6) is 0.411. The van der Waals surface area contributed by atoms with Gasteiger partial charge >= 0.3 is 0 Å². The minimum atomic E-state index is -0.454. The molecule has 6 nitrogen and oxygen atoms in total. The van der Waals surface area contributed by atoms with Crippen molar-refractivity contribution in [2.45, 2.75) is 23.8 Å². The Labute approximate surface area is 201 Å². The van der Waals surface area contributed by atoms with Crippen LogP contribution in [-0.2, 0) is 4.79 Å². The Kier molecular flexibility index (Phi) is 6.98. The van der Waals surface area contributed by atoms with Gasteiger partial charge in [-0.3, -0.25) is 14.2 Å². The zero-order chi connectivity index (χ0) is 22.7. The number of thioether (sulfide) groups is 1. The lowest BCUT2D eigenvalue weighted by Gasteiger charge is -2.18. The molecule has 0 spiro atoms. The Morgan fingerprint density at radius 3 is 2.69 bits per heavy atom. The SMILES string of the molecule is CC[C@@H](Sc1nc2ccsc2c(=O)n1-c1ccc(Br)cc1)C(=O)Nc1ccccc1OC. The summed E-state index contributed by atoms with van der Waals surface area (Å²) in [6, 6.07) is 16.6. The minimum absolute atomic E-state index is 0.144. The first-order chi connectivity index (χ1) is 15.5. The summed E-state index contributed by atoms with van der Waals surface area (Å²) in [7, 11) is 1.56. The first kappa shape index (κ1) is 22.6. The number of benzene rings is 2. The summed E-state index contributed by atoms with van der Waals surface area (Å²) < 4.78 is 8.42. The predicted octanol–water partition coefficient (Wildman–Crippen LogP) is 5.73. The van der Waals surface area contributed by atoms with Crippen LogP contribution in [-0.4, -0.2) is 27.8 Å². The Hall–Kier alpha value is -2.62. The lowest BCUT2D eigenvalue weighted by molar-refractivity contribution is -0.115. The molecule has 0 saturated carbocycles. The number of hydrogen-bond acceptors (Lipinski definition) is 6. The highest BCUT2D eigenvalue weighted by atomic mass is 79.9. The minimum Gasteiger partial charge on any atom is -0.495 e. The monoisotopic (exact) mass is 529 g/mol. The fraction of sp³-hybridized carbons (Fsp3) is 0.174. The van der Waals surface area contributed by atoms with Crippen molar-refractivity contribution in [1.82, 2.24) is 9.55 Å². The molecule has 2 aromatic carbocycles. The Balaban J connectivity index is 1.72. The number of methoxy groups -OCH3 is 1. The van der Waals surface area contributed by atoms with E-state index in [1.807, 2.05) is 54.8 Å². The highest BCUT2D eigenvalue weighted by Crippen LogP contribution is 2.30. The zero-order valence-electron chi connectivity index (χ0n) is 17.4. The molecule has 2 heterocycles. The topological polar surface area (TPSA) is 73.2 Å². The molecule has 0 radical (unpaired) electrons. The third kappa shape index (κ3) is 4.60. The quantitative estimate of drug-likeness (QED) is 0.244. The first-order valence-corrected chi connectivity index (χ1v) is 12.4. The van der Waals surface area contributed by atoms with Crippen LogP contribution in [0.25, 0.3) is 15.9 Å². The highest BCUT2D eigenvalue weighted by molar-refractivity contribution is 9.10. The molecule has 1 N–H and O–H groups in total. The van der Waals surface area contributed by atoms with Gasteiger partial charge in [-0.15, -0.1) is 11.3 Å². The number of fused-ring (bicyclic) bond motifs is 1. The molecule has 4 aromatic rings. The van der Waals surface area contributed by atoms with E-state index in [2.05, 4.69) is 21.2 Å². The van der Waals surface area contributed by atoms with E-state index in [0.29, 0.717) is 38.9 Å². The molecule has 0 unspecified atom stereocenters. The van der Waals surface area contributed by atoms with Crippen molar-refractivity contribution in [3.05, 3.63) is 74.8 Å². The van der Waals surface area contributed by atoms with Crippen molar-refractivity contribution < 1.29 is 9.53 Å². The van der Waals surface area contributed by atoms with Crippen LogP contribution in [0.5, 0.6) is 5.75 Å². The number of nitrogens with one attached hydrogen (secondary N) is 1. The van der Waals surface area contributed by atoms with E-state index in [4.69, 9.17) is 9.72 Å². The van der Waals surface area contributed by atoms with Crippen molar-refractivity contribution in [1.29, 1.82) is 0 Å². The van der Waals surface area contributed by atoms with Gasteiger partial charge in [0.2, 0.25) is 5.91 Å². The van der Waals surface area contributed by atoms with E-state index < -0.39 is 5.25 Å². The number of anilines is 1. The van der Waals surface area contributed by atoms with Crippen LogP contribution in [0.2, 0.25) is 0 Å². The number of rotatable bonds is 7. The van der Waals surface area contributed by atoms with Crippen LogP contribution < -0.4 is 15.6 Å². The number of nitrogens with zero attached hydrogens (tertiary/aromatic N) is 2. The zero-order valence-corrected chi connectivity index (χ0v) is 20.6. The molecular weight excluding hydrogens is 510 g/mol. The summed E-state index contributed by atoms with van der Waals surface area (Å²) in [6.45, 7) is 1.94.